The Bertz CT molecular complexity index is 301. The number of carbonyl (C=O) groups excluding carboxylic acids is 1. The van der Waals surface area contributed by atoms with Crippen LogP contribution in [0.1, 0.15) is 52.4 Å². The van der Waals surface area contributed by atoms with E-state index in [9.17, 15) is 14.7 Å². The summed E-state index contributed by atoms with van der Waals surface area (Å²) in [5.74, 6) is -0.830. The minimum absolute atomic E-state index is 0.0792. The number of nitrogens with zero attached hydrogens (tertiary/aromatic N) is 1. The lowest BCUT2D eigenvalue weighted by Gasteiger charge is -2.30. The van der Waals surface area contributed by atoms with Gasteiger partial charge in [-0.3, -0.25) is 0 Å². The fraction of sp³-hybridized carbons (Fsp3) is 0.857. The van der Waals surface area contributed by atoms with Gasteiger partial charge in [-0.25, -0.2) is 9.59 Å². The Morgan fingerprint density at radius 3 is 2.37 bits per heavy atom. The maximum Gasteiger partial charge on any atom is 0.326 e. The molecule has 0 spiro atoms. The van der Waals surface area contributed by atoms with Gasteiger partial charge in [-0.15, -0.1) is 0 Å². The summed E-state index contributed by atoms with van der Waals surface area (Å²) in [5.41, 5.74) is 0. The van der Waals surface area contributed by atoms with Gasteiger partial charge in [-0.1, -0.05) is 26.2 Å². The van der Waals surface area contributed by atoms with E-state index in [0.717, 1.165) is 32.1 Å². The molecule has 0 aliphatic heterocycles. The van der Waals surface area contributed by atoms with Crippen LogP contribution in [-0.4, -0.2) is 41.1 Å². The molecule has 5 heteroatoms. The number of amides is 2. The third-order valence-corrected chi connectivity index (χ3v) is 3.83. The monoisotopic (exact) mass is 270 g/mol. The molecule has 0 aromatic rings. The number of hydrogen-bond acceptors (Lipinski definition) is 2. The maximum atomic E-state index is 12.1. The first-order chi connectivity index (χ1) is 9.10. The van der Waals surface area contributed by atoms with E-state index < -0.39 is 12.0 Å². The zero-order valence-electron chi connectivity index (χ0n) is 12.0. The summed E-state index contributed by atoms with van der Waals surface area (Å²) in [5, 5.41) is 12.0. The summed E-state index contributed by atoms with van der Waals surface area (Å²) in [7, 11) is 0. The van der Waals surface area contributed by atoms with E-state index in [1.54, 1.807) is 4.90 Å². The zero-order chi connectivity index (χ0) is 14.3. The van der Waals surface area contributed by atoms with Gasteiger partial charge in [0.1, 0.15) is 6.04 Å². The van der Waals surface area contributed by atoms with E-state index in [4.69, 9.17) is 0 Å². The van der Waals surface area contributed by atoms with Gasteiger partial charge in [0.15, 0.2) is 0 Å². The van der Waals surface area contributed by atoms with Crippen LogP contribution in [0.2, 0.25) is 0 Å². The second-order valence-electron chi connectivity index (χ2n) is 5.24. The average Bonchev–Trinajstić information content (AvgIpc) is 2.42. The van der Waals surface area contributed by atoms with Gasteiger partial charge in [0, 0.05) is 13.1 Å². The predicted molar refractivity (Wildman–Crippen MR) is 74.1 cm³/mol. The Morgan fingerprint density at radius 2 is 1.89 bits per heavy atom. The van der Waals surface area contributed by atoms with Gasteiger partial charge in [-0.05, 0) is 32.1 Å². The summed E-state index contributed by atoms with van der Waals surface area (Å²) in [6, 6.07) is -0.985. The zero-order valence-corrected chi connectivity index (χ0v) is 12.0. The van der Waals surface area contributed by atoms with Gasteiger partial charge in [0.05, 0.1) is 0 Å². The smallest absolute Gasteiger partial charge is 0.326 e. The van der Waals surface area contributed by atoms with Gasteiger partial charge in [-0.2, -0.15) is 0 Å². The average molecular weight is 270 g/mol. The summed E-state index contributed by atoms with van der Waals surface area (Å²) < 4.78 is 0. The number of urea groups is 1. The highest BCUT2D eigenvalue weighted by molar-refractivity contribution is 5.82. The molecule has 2 amide bonds. The molecule has 0 aromatic heterocycles. The lowest BCUT2D eigenvalue weighted by molar-refractivity contribution is -0.141. The topological polar surface area (TPSA) is 69.6 Å². The Kier molecular flexibility index (Phi) is 6.67. The quantitative estimate of drug-likeness (QED) is 0.779. The highest BCUT2D eigenvalue weighted by Gasteiger charge is 2.31. The minimum atomic E-state index is -0.909. The first-order valence-corrected chi connectivity index (χ1v) is 7.38. The Balaban J connectivity index is 2.61. The largest absolute Gasteiger partial charge is 0.480 e. The number of rotatable bonds is 6. The van der Waals surface area contributed by atoms with Crippen LogP contribution < -0.4 is 5.32 Å². The molecule has 1 aliphatic carbocycles. The number of nitrogens with one attached hydrogen (secondary N) is 1. The van der Waals surface area contributed by atoms with Crippen molar-refractivity contribution in [1.29, 1.82) is 0 Å². The van der Waals surface area contributed by atoms with Gasteiger partial charge in [0.25, 0.3) is 0 Å². The van der Waals surface area contributed by atoms with Crippen molar-refractivity contribution < 1.29 is 14.7 Å². The number of carboxylic acid groups (broad SMARTS) is 1. The Labute approximate surface area is 115 Å². The fourth-order valence-corrected chi connectivity index (χ4v) is 2.75. The molecule has 0 bridgehead atoms. The summed E-state index contributed by atoms with van der Waals surface area (Å²) in [6.45, 7) is 5.19. The van der Waals surface area contributed by atoms with Crippen LogP contribution in [0, 0.1) is 5.92 Å². The summed E-state index contributed by atoms with van der Waals surface area (Å²) in [6.07, 6.45) is 5.98. The van der Waals surface area contributed by atoms with Crippen molar-refractivity contribution in [2.75, 3.05) is 13.1 Å². The maximum absolute atomic E-state index is 12.1. The fourth-order valence-electron chi connectivity index (χ4n) is 2.75. The van der Waals surface area contributed by atoms with Crippen LogP contribution in [-0.2, 0) is 4.79 Å². The molecule has 0 aromatic carbocycles. The van der Waals surface area contributed by atoms with Crippen LogP contribution in [0.3, 0.4) is 0 Å². The first kappa shape index (κ1) is 15.8. The van der Waals surface area contributed by atoms with Crippen molar-refractivity contribution in [3.8, 4) is 0 Å². The summed E-state index contributed by atoms with van der Waals surface area (Å²) in [4.78, 5) is 25.1. The molecule has 19 heavy (non-hydrogen) atoms. The molecular formula is C14H26N2O3. The standard InChI is InChI=1S/C14H26N2O3/c1-3-10-16(4-2)14(19)15-12(13(17)18)11-8-6-5-7-9-11/h11-12H,3-10H2,1-2H3,(H,15,19)(H,17,18). The van der Waals surface area contributed by atoms with Crippen LogP contribution in [0.5, 0.6) is 0 Å². The molecule has 1 atom stereocenters. The van der Waals surface area contributed by atoms with Gasteiger partial charge < -0.3 is 15.3 Å². The number of hydrogen-bond donors (Lipinski definition) is 2. The third kappa shape index (κ3) is 4.73. The highest BCUT2D eigenvalue weighted by atomic mass is 16.4. The molecule has 0 saturated heterocycles. The van der Waals surface area contributed by atoms with Crippen LogP contribution in [0.25, 0.3) is 0 Å². The van der Waals surface area contributed by atoms with E-state index in [2.05, 4.69) is 5.32 Å². The minimum Gasteiger partial charge on any atom is -0.480 e. The molecule has 1 saturated carbocycles. The van der Waals surface area contributed by atoms with E-state index in [1.807, 2.05) is 13.8 Å². The lowest BCUT2D eigenvalue weighted by atomic mass is 9.84. The number of carbonyl (C=O) groups is 2. The second-order valence-corrected chi connectivity index (χ2v) is 5.24. The molecule has 110 valence electrons. The molecule has 0 heterocycles. The van der Waals surface area contributed by atoms with Gasteiger partial charge in [0.2, 0.25) is 0 Å². The third-order valence-electron chi connectivity index (χ3n) is 3.83. The molecule has 5 nitrogen and oxygen atoms in total. The van der Waals surface area contributed by atoms with Crippen molar-refractivity contribution >= 4 is 12.0 Å². The summed E-state index contributed by atoms with van der Waals surface area (Å²) >= 11 is 0. The number of carboxylic acids is 1. The van der Waals surface area contributed by atoms with Crippen molar-refractivity contribution in [3.63, 3.8) is 0 Å². The van der Waals surface area contributed by atoms with Crippen molar-refractivity contribution in [2.24, 2.45) is 5.92 Å². The van der Waals surface area contributed by atoms with Crippen molar-refractivity contribution in [1.82, 2.24) is 10.2 Å². The predicted octanol–water partition coefficient (Wildman–Crippen LogP) is 2.46. The number of aliphatic carboxylic acids is 1. The Hall–Kier alpha value is -1.26. The normalized spacial score (nSPS) is 17.8. The van der Waals surface area contributed by atoms with Crippen LogP contribution >= 0.6 is 0 Å². The highest BCUT2D eigenvalue weighted by Crippen LogP contribution is 2.26. The molecule has 2 N–H and O–H groups in total. The van der Waals surface area contributed by atoms with Crippen LogP contribution in [0.15, 0.2) is 0 Å². The van der Waals surface area contributed by atoms with Crippen molar-refractivity contribution in [2.45, 2.75) is 58.4 Å². The molecule has 1 fully saturated rings. The molecule has 0 radical (unpaired) electrons. The lowest BCUT2D eigenvalue weighted by Crippen LogP contribution is -2.51. The van der Waals surface area contributed by atoms with E-state index >= 15 is 0 Å². The van der Waals surface area contributed by atoms with E-state index in [0.29, 0.717) is 13.1 Å². The molecule has 1 aliphatic rings. The van der Waals surface area contributed by atoms with Crippen LogP contribution in [0.4, 0.5) is 4.79 Å². The first-order valence-electron chi connectivity index (χ1n) is 7.38. The van der Waals surface area contributed by atoms with E-state index in [1.165, 1.54) is 6.42 Å². The molecule has 1 rings (SSSR count). The molecular weight excluding hydrogens is 244 g/mol. The SMILES string of the molecule is CCCN(CC)C(=O)NC(C(=O)O)C1CCCCC1. The second kappa shape index (κ2) is 8.02. The Morgan fingerprint density at radius 1 is 1.26 bits per heavy atom. The van der Waals surface area contributed by atoms with Crippen molar-refractivity contribution in [3.05, 3.63) is 0 Å². The molecule has 1 unspecified atom stereocenters. The van der Waals surface area contributed by atoms with Gasteiger partial charge >= 0.3 is 12.0 Å². The van der Waals surface area contributed by atoms with E-state index in [-0.39, 0.29) is 11.9 Å².